The van der Waals surface area contributed by atoms with Gasteiger partial charge in [0.15, 0.2) is 17.5 Å². The van der Waals surface area contributed by atoms with Crippen LogP contribution in [-0.2, 0) is 51.7 Å². The number of nitro groups is 1. The van der Waals surface area contributed by atoms with Crippen molar-refractivity contribution in [1.82, 2.24) is 10.0 Å². The van der Waals surface area contributed by atoms with Gasteiger partial charge in [-0.3, -0.25) is 15.4 Å². The summed E-state index contributed by atoms with van der Waals surface area (Å²) in [5.41, 5.74) is 1.19. The fourth-order valence-corrected chi connectivity index (χ4v) is 7.98. The topological polar surface area (TPSA) is 177 Å². The van der Waals surface area contributed by atoms with Crippen molar-refractivity contribution in [3.63, 3.8) is 0 Å². The number of para-hydroxylation sites is 1. The van der Waals surface area contributed by atoms with E-state index in [9.17, 15) is 23.6 Å². The third-order valence-corrected chi connectivity index (χ3v) is 10.3. The Bertz CT molecular complexity index is 1650. The van der Waals surface area contributed by atoms with Crippen molar-refractivity contribution >= 4 is 15.7 Å². The number of nitrogens with zero attached hydrogens (tertiary/aromatic N) is 1. The third kappa shape index (κ3) is 6.69. The zero-order valence-electron chi connectivity index (χ0n) is 25.1. The molecule has 3 aromatic rings. The van der Waals surface area contributed by atoms with Crippen LogP contribution in [0, 0.1) is 10.1 Å². The lowest BCUT2D eigenvalue weighted by Crippen LogP contribution is -2.71. The van der Waals surface area contributed by atoms with E-state index in [1.54, 1.807) is 0 Å². The van der Waals surface area contributed by atoms with E-state index >= 15 is 0 Å². The van der Waals surface area contributed by atoms with Gasteiger partial charge in [-0.2, -0.15) is 0 Å². The molecule has 0 saturated carbocycles. The number of aliphatic hydroxyl groups is 1. The van der Waals surface area contributed by atoms with E-state index in [2.05, 4.69) is 10.0 Å². The average molecular weight is 670 g/mol. The van der Waals surface area contributed by atoms with Crippen LogP contribution in [0.3, 0.4) is 0 Å². The Labute approximate surface area is 271 Å². The normalized spacial score (nSPS) is 33.1. The molecule has 3 N–H and O–H groups in total. The van der Waals surface area contributed by atoms with Crippen LogP contribution in [0.4, 0.5) is 5.69 Å². The molecular formula is C32H35N3O11S. The van der Waals surface area contributed by atoms with Gasteiger partial charge in [0.25, 0.3) is 5.69 Å². The highest BCUT2D eigenvalue weighted by Crippen LogP contribution is 2.36. The Hall–Kier alpha value is -3.35. The van der Waals surface area contributed by atoms with Crippen molar-refractivity contribution in [2.75, 3.05) is 13.2 Å². The highest BCUT2D eigenvalue weighted by atomic mass is 32.2. The van der Waals surface area contributed by atoms with Crippen LogP contribution >= 0.6 is 0 Å². The van der Waals surface area contributed by atoms with E-state index in [1.165, 1.54) is 18.2 Å². The molecule has 15 heteroatoms. The summed E-state index contributed by atoms with van der Waals surface area (Å²) >= 11 is 0. The number of nitro benzene ring substituents is 1. The quantitative estimate of drug-likeness (QED) is 0.188. The van der Waals surface area contributed by atoms with Crippen molar-refractivity contribution in [3.05, 3.63) is 106 Å². The van der Waals surface area contributed by atoms with E-state index in [0.29, 0.717) is 0 Å². The maximum atomic E-state index is 13.9. The molecule has 47 heavy (non-hydrogen) atoms. The van der Waals surface area contributed by atoms with Crippen LogP contribution in [0.1, 0.15) is 11.1 Å². The number of rotatable bonds is 12. The maximum absolute atomic E-state index is 13.9. The van der Waals surface area contributed by atoms with Gasteiger partial charge in [0, 0.05) is 6.07 Å². The van der Waals surface area contributed by atoms with Crippen molar-refractivity contribution < 1.29 is 46.9 Å². The first kappa shape index (κ1) is 32.2. The zero-order valence-corrected chi connectivity index (χ0v) is 25.9. The molecule has 0 unspecified atom stereocenters. The summed E-state index contributed by atoms with van der Waals surface area (Å²) in [5.74, 6) is 0. The van der Waals surface area contributed by atoms with Crippen LogP contribution in [0.25, 0.3) is 0 Å². The number of hydrogen-bond donors (Lipinski definition) is 3. The molecule has 0 aromatic heterocycles. The number of hydrogen-bond acceptors (Lipinski definition) is 12. The summed E-state index contributed by atoms with van der Waals surface area (Å²) in [6, 6.07) is 21.1. The lowest BCUT2D eigenvalue weighted by atomic mass is 9.92. The van der Waals surface area contributed by atoms with Crippen LogP contribution in [0.5, 0.6) is 0 Å². The number of ether oxygens (including phenoxy) is 6. The largest absolute Gasteiger partial charge is 0.388 e. The van der Waals surface area contributed by atoms with Gasteiger partial charge in [-0.25, -0.2) is 13.1 Å². The Morgan fingerprint density at radius 2 is 1.30 bits per heavy atom. The summed E-state index contributed by atoms with van der Waals surface area (Å²) in [4.78, 5) is 10.5. The second-order valence-electron chi connectivity index (χ2n) is 11.9. The van der Waals surface area contributed by atoms with Gasteiger partial charge in [0.05, 0.1) is 49.5 Å². The Kier molecular flexibility index (Phi) is 9.35. The Balaban J connectivity index is 1.18. The smallest absolute Gasteiger partial charge is 0.289 e. The molecule has 10 atom stereocenters. The lowest BCUT2D eigenvalue weighted by Gasteiger charge is -2.45. The molecule has 7 rings (SSSR count). The molecule has 4 fully saturated rings. The standard InChI is InChI=1S/C32H35N3O11S/c36-28-27(32-44-18-23(46-32)30(28)42-16-20-11-5-2-6-12-20)33-26-25(34-47(39,40)24-14-8-7-13-21(24)35(37)38)29(22-17-43-31(26)45-22)41-15-19-9-3-1-4-10-19/h1-14,22-23,25-34,36H,15-18H2/t22-,23-,25-,26-,27-,28-,29-,30-,31-,32-/m1/s1. The lowest BCUT2D eigenvalue weighted by molar-refractivity contribution is -0.387. The molecule has 0 amide bonds. The third-order valence-electron chi connectivity index (χ3n) is 8.83. The van der Waals surface area contributed by atoms with Crippen molar-refractivity contribution in [3.8, 4) is 0 Å². The number of benzene rings is 3. The van der Waals surface area contributed by atoms with Gasteiger partial charge < -0.3 is 33.5 Å². The molecule has 4 saturated heterocycles. The number of aliphatic hydroxyl groups excluding tert-OH is 1. The molecule has 0 spiro atoms. The monoisotopic (exact) mass is 669 g/mol. The molecule has 3 aromatic carbocycles. The first-order chi connectivity index (χ1) is 22.8. The van der Waals surface area contributed by atoms with Crippen molar-refractivity contribution in [2.45, 2.75) is 79.3 Å². The van der Waals surface area contributed by atoms with E-state index in [4.69, 9.17) is 28.4 Å². The summed E-state index contributed by atoms with van der Waals surface area (Å²) in [7, 11) is -4.49. The highest BCUT2D eigenvalue weighted by molar-refractivity contribution is 7.89. The van der Waals surface area contributed by atoms with Crippen LogP contribution in [-0.4, -0.2) is 92.9 Å². The molecule has 4 bridgehead atoms. The Morgan fingerprint density at radius 3 is 1.91 bits per heavy atom. The highest BCUT2D eigenvalue weighted by Gasteiger charge is 2.57. The molecule has 4 heterocycles. The second-order valence-corrected chi connectivity index (χ2v) is 13.5. The molecule has 4 aliphatic rings. The molecular weight excluding hydrogens is 634 g/mol. The number of fused-ring (bicyclic) bond motifs is 4. The zero-order chi connectivity index (χ0) is 32.5. The molecule has 250 valence electrons. The van der Waals surface area contributed by atoms with Gasteiger partial charge >= 0.3 is 0 Å². The number of sulfonamides is 1. The summed E-state index contributed by atoms with van der Waals surface area (Å²) in [6.07, 6.45) is -5.77. The van der Waals surface area contributed by atoms with E-state index in [-0.39, 0.29) is 26.4 Å². The van der Waals surface area contributed by atoms with E-state index in [0.717, 1.165) is 17.2 Å². The van der Waals surface area contributed by atoms with Gasteiger partial charge in [0.1, 0.15) is 30.5 Å². The first-order valence-electron chi connectivity index (χ1n) is 15.3. The maximum Gasteiger partial charge on any atom is 0.289 e. The van der Waals surface area contributed by atoms with Gasteiger partial charge in [-0.15, -0.1) is 0 Å². The minimum absolute atomic E-state index is 0.112. The van der Waals surface area contributed by atoms with Gasteiger partial charge in [0.2, 0.25) is 10.0 Å². The first-order valence-corrected chi connectivity index (χ1v) is 16.8. The SMILES string of the molecule is O=[N+]([O-])c1ccccc1S(=O)(=O)N[C@@H]1[C@@H](N[C@H]2[C@@H]3OC[C@@H](O3)[C@@H](OCc3ccccc3)[C@@H]2O)[C@@H]2OC[C@@H](O2)[C@H]1OCc1ccccc1. The molecule has 0 radical (unpaired) electrons. The van der Waals surface area contributed by atoms with Crippen LogP contribution in [0.2, 0.25) is 0 Å². The fourth-order valence-electron chi connectivity index (χ4n) is 6.54. The van der Waals surface area contributed by atoms with E-state index in [1.807, 2.05) is 60.7 Å². The van der Waals surface area contributed by atoms with Crippen LogP contribution in [0.15, 0.2) is 89.8 Å². The fraction of sp³-hybridized carbons (Fsp3) is 0.438. The molecule has 14 nitrogen and oxygen atoms in total. The predicted octanol–water partition coefficient (Wildman–Crippen LogP) is 1.61. The second kappa shape index (κ2) is 13.6. The average Bonchev–Trinajstić information content (AvgIpc) is 3.72. The van der Waals surface area contributed by atoms with Crippen molar-refractivity contribution in [1.29, 1.82) is 0 Å². The van der Waals surface area contributed by atoms with Crippen LogP contribution < -0.4 is 10.0 Å². The van der Waals surface area contributed by atoms with Gasteiger partial charge in [-0.1, -0.05) is 72.8 Å². The Morgan fingerprint density at radius 1 is 0.766 bits per heavy atom. The summed E-state index contributed by atoms with van der Waals surface area (Å²) in [6.45, 7) is 0.664. The molecule has 4 aliphatic heterocycles. The molecule has 0 aliphatic carbocycles. The number of nitrogens with one attached hydrogen (secondary N) is 2. The summed E-state index contributed by atoms with van der Waals surface area (Å²) in [5, 5.41) is 26.7. The minimum atomic E-state index is -4.49. The van der Waals surface area contributed by atoms with E-state index < -0.39 is 86.8 Å². The van der Waals surface area contributed by atoms with Crippen molar-refractivity contribution in [2.24, 2.45) is 0 Å². The predicted molar refractivity (Wildman–Crippen MR) is 163 cm³/mol. The summed E-state index contributed by atoms with van der Waals surface area (Å²) < 4.78 is 67.0. The van der Waals surface area contributed by atoms with Gasteiger partial charge in [-0.05, 0) is 17.2 Å². The minimum Gasteiger partial charge on any atom is -0.388 e.